The molecule has 1 aliphatic heterocycles. The van der Waals surface area contributed by atoms with Crippen LogP contribution in [0, 0.1) is 0 Å². The van der Waals surface area contributed by atoms with Crippen molar-refractivity contribution in [3.8, 4) is 0 Å². The van der Waals surface area contributed by atoms with Crippen LogP contribution in [0.5, 0.6) is 0 Å². The molecule has 0 saturated carbocycles. The average Bonchev–Trinajstić information content (AvgIpc) is 3.84. The van der Waals surface area contributed by atoms with Gasteiger partial charge in [-0.2, -0.15) is 14.8 Å². The Kier molecular flexibility index (Phi) is 8.87. The van der Waals surface area contributed by atoms with Gasteiger partial charge in [-0.25, -0.2) is 9.97 Å². The number of hydrogen-bond donors (Lipinski definition) is 5. The van der Waals surface area contributed by atoms with Crippen molar-refractivity contribution in [3.63, 3.8) is 0 Å². The Hall–Kier alpha value is -5.51. The number of nitrogens with two attached hydrogens (primary N) is 1. The fraction of sp³-hybridized carbons (Fsp3) is 0.303. The number of aromatic nitrogens is 9. The zero-order valence-electron chi connectivity index (χ0n) is 26.2. The van der Waals surface area contributed by atoms with Crippen molar-refractivity contribution in [3.05, 3.63) is 108 Å². The van der Waals surface area contributed by atoms with Gasteiger partial charge in [0.15, 0.2) is 29.3 Å². The van der Waals surface area contributed by atoms with Crippen LogP contribution in [0.15, 0.2) is 85.2 Å². The Balaban J connectivity index is 1.21. The fourth-order valence-corrected chi connectivity index (χ4v) is 5.85. The monoisotopic (exact) mass is 648 g/mol. The number of hydrogen-bond acceptors (Lipinski definition) is 13. The molecule has 246 valence electrons. The van der Waals surface area contributed by atoms with Crippen molar-refractivity contribution in [2.24, 2.45) is 0 Å². The van der Waals surface area contributed by atoms with Gasteiger partial charge in [0.25, 0.3) is 0 Å². The summed E-state index contributed by atoms with van der Waals surface area (Å²) in [5.74, 6) is 1.49. The van der Waals surface area contributed by atoms with Crippen molar-refractivity contribution in [2.75, 3.05) is 29.5 Å². The molecule has 6 aromatic rings. The van der Waals surface area contributed by atoms with E-state index in [1.807, 2.05) is 55.5 Å². The number of aliphatic hydroxyl groups is 2. The molecule has 5 heterocycles. The van der Waals surface area contributed by atoms with Gasteiger partial charge in [-0.3, -0.25) is 4.57 Å². The zero-order valence-corrected chi connectivity index (χ0v) is 26.2. The number of tetrazole rings is 1. The highest BCUT2D eigenvalue weighted by Crippen LogP contribution is 2.39. The van der Waals surface area contributed by atoms with Crippen molar-refractivity contribution >= 4 is 28.7 Å². The summed E-state index contributed by atoms with van der Waals surface area (Å²) in [6, 6.07) is 26.1. The number of nitrogens with zero attached hydrogens (tertiary/aromatic N) is 9. The summed E-state index contributed by atoms with van der Waals surface area (Å²) in [6.07, 6.45) is -2.54. The summed E-state index contributed by atoms with van der Waals surface area (Å²) in [5.41, 5.74) is 9.87. The molecule has 1 fully saturated rings. The lowest BCUT2D eigenvalue weighted by Crippen LogP contribution is -2.29. The summed E-state index contributed by atoms with van der Waals surface area (Å²) >= 11 is 0. The van der Waals surface area contributed by atoms with Crippen LogP contribution in [0.2, 0.25) is 0 Å². The number of benzene rings is 2. The van der Waals surface area contributed by atoms with E-state index in [2.05, 4.69) is 60.3 Å². The van der Waals surface area contributed by atoms with E-state index in [1.165, 1.54) is 11.1 Å². The molecular formula is C33H36N12O3. The topological polar surface area (TPSA) is 200 Å². The van der Waals surface area contributed by atoms with Crippen LogP contribution in [0.1, 0.15) is 47.8 Å². The maximum Gasteiger partial charge on any atom is 0.226 e. The minimum Gasteiger partial charge on any atom is -0.387 e. The molecule has 48 heavy (non-hydrogen) atoms. The molecule has 15 heteroatoms. The van der Waals surface area contributed by atoms with E-state index in [0.717, 1.165) is 16.8 Å². The van der Waals surface area contributed by atoms with Gasteiger partial charge in [-0.1, -0.05) is 66.7 Å². The van der Waals surface area contributed by atoms with E-state index in [9.17, 15) is 10.2 Å². The second kappa shape index (κ2) is 13.7. The summed E-state index contributed by atoms with van der Waals surface area (Å²) in [4.78, 5) is 20.0. The minimum absolute atomic E-state index is 0.0189. The molecule has 0 aliphatic carbocycles. The number of nitrogen functional groups attached to an aromatic ring is 1. The number of aliphatic hydroxyl groups excluding tert-OH is 2. The van der Waals surface area contributed by atoms with Crippen molar-refractivity contribution < 1.29 is 14.9 Å². The number of pyridine rings is 1. The average molecular weight is 649 g/mol. The van der Waals surface area contributed by atoms with Crippen LogP contribution in [0.4, 0.5) is 17.6 Å². The molecule has 0 radical (unpaired) electrons. The number of anilines is 3. The Morgan fingerprint density at radius 1 is 0.896 bits per heavy atom. The van der Waals surface area contributed by atoms with E-state index in [0.29, 0.717) is 54.8 Å². The van der Waals surface area contributed by atoms with Gasteiger partial charge in [-0.15, -0.1) is 10.2 Å². The van der Waals surface area contributed by atoms with Crippen molar-refractivity contribution in [1.82, 2.24) is 44.7 Å². The molecule has 15 nitrogen and oxygen atoms in total. The minimum atomic E-state index is -1.32. The van der Waals surface area contributed by atoms with Gasteiger partial charge in [0.1, 0.15) is 18.0 Å². The van der Waals surface area contributed by atoms with Gasteiger partial charge in [0.2, 0.25) is 11.8 Å². The summed E-state index contributed by atoms with van der Waals surface area (Å²) in [5, 5.41) is 41.2. The van der Waals surface area contributed by atoms with Crippen molar-refractivity contribution in [1.29, 1.82) is 0 Å². The number of imidazole rings is 1. The second-order valence-corrected chi connectivity index (χ2v) is 11.5. The van der Waals surface area contributed by atoms with E-state index in [1.54, 1.807) is 10.6 Å². The van der Waals surface area contributed by atoms with E-state index in [4.69, 9.17) is 20.4 Å². The molecule has 4 aromatic heterocycles. The molecular weight excluding hydrogens is 612 g/mol. The van der Waals surface area contributed by atoms with Crippen LogP contribution >= 0.6 is 0 Å². The predicted molar refractivity (Wildman–Crippen MR) is 178 cm³/mol. The van der Waals surface area contributed by atoms with E-state index >= 15 is 0 Å². The van der Waals surface area contributed by atoms with Crippen LogP contribution in [-0.4, -0.2) is 80.2 Å². The van der Waals surface area contributed by atoms with Gasteiger partial charge < -0.3 is 31.3 Å². The fourth-order valence-electron chi connectivity index (χ4n) is 5.85. The number of rotatable bonds is 12. The maximum atomic E-state index is 11.1. The molecule has 6 N–H and O–H groups in total. The first-order valence-corrected chi connectivity index (χ1v) is 15.8. The Morgan fingerprint density at radius 2 is 1.65 bits per heavy atom. The molecule has 0 amide bonds. The lowest BCUT2D eigenvalue weighted by atomic mass is 9.91. The second-order valence-electron chi connectivity index (χ2n) is 11.5. The van der Waals surface area contributed by atoms with Crippen molar-refractivity contribution in [2.45, 2.75) is 50.3 Å². The lowest BCUT2D eigenvalue weighted by molar-refractivity contribution is -0.0384. The van der Waals surface area contributed by atoms with Gasteiger partial charge >= 0.3 is 0 Å². The van der Waals surface area contributed by atoms with Gasteiger partial charge in [0.05, 0.1) is 12.9 Å². The third-order valence-corrected chi connectivity index (χ3v) is 8.31. The maximum absolute atomic E-state index is 11.1. The third-order valence-electron chi connectivity index (χ3n) is 8.31. The Morgan fingerprint density at radius 3 is 2.33 bits per heavy atom. The molecule has 1 aliphatic rings. The number of aryl methyl sites for hydroxylation is 1. The van der Waals surface area contributed by atoms with Gasteiger partial charge in [-0.05, 0) is 35.4 Å². The van der Waals surface area contributed by atoms with Crippen LogP contribution in [0.3, 0.4) is 0 Å². The molecule has 4 unspecified atom stereocenters. The quantitative estimate of drug-likeness (QED) is 0.130. The molecule has 4 atom stereocenters. The highest BCUT2D eigenvalue weighted by atomic mass is 16.6. The molecule has 7 rings (SSSR count). The molecule has 0 bridgehead atoms. The summed E-state index contributed by atoms with van der Waals surface area (Å²) < 4.78 is 7.74. The van der Waals surface area contributed by atoms with E-state index in [-0.39, 0.29) is 11.7 Å². The van der Waals surface area contributed by atoms with Gasteiger partial charge in [0, 0.05) is 31.1 Å². The normalized spacial score (nSPS) is 19.2. The third kappa shape index (κ3) is 6.38. The van der Waals surface area contributed by atoms with Crippen LogP contribution < -0.4 is 16.4 Å². The van der Waals surface area contributed by atoms with Crippen LogP contribution in [-0.2, 0) is 17.7 Å². The highest BCUT2D eigenvalue weighted by Gasteiger charge is 2.47. The standard InChI is InChI=1S/C33H36N12O3/c1-2-45-42-30(41-43-45)28-26(46)27(47)32(48-28)44-19-37-25-29(36-18-23(20-10-5-3-6-11-20)21-12-7-4-8-13-21)39-33(40-31(25)44)35-17-16-22-14-9-15-24(34)38-22/h3-15,19,23,26-28,32,46-47H,2,16-18H2,1H3,(H2,34,38)(H2,35,36,39,40). The highest BCUT2D eigenvalue weighted by molar-refractivity contribution is 5.84. The lowest BCUT2D eigenvalue weighted by Gasteiger charge is -2.20. The first kappa shape index (κ1) is 31.1. The molecule has 0 spiro atoms. The Labute approximate surface area is 275 Å². The predicted octanol–water partition coefficient (Wildman–Crippen LogP) is 2.70. The Bertz CT molecular complexity index is 1930. The van der Waals surface area contributed by atoms with E-state index < -0.39 is 24.5 Å². The van der Waals surface area contributed by atoms with Crippen LogP contribution in [0.25, 0.3) is 11.2 Å². The molecule has 1 saturated heterocycles. The zero-order chi connectivity index (χ0) is 33.0. The number of fused-ring (bicyclic) bond motifs is 1. The first-order valence-electron chi connectivity index (χ1n) is 15.8. The largest absolute Gasteiger partial charge is 0.387 e. The summed E-state index contributed by atoms with van der Waals surface area (Å²) in [7, 11) is 0. The first-order chi connectivity index (χ1) is 23.5. The SMILES string of the molecule is CCn1nnc(C2OC(n3cnc4c(NCC(c5ccccc5)c5ccccc5)nc(NCCc5cccc(N)n5)nc43)C(O)C2O)n1. The smallest absolute Gasteiger partial charge is 0.226 e. The summed E-state index contributed by atoms with van der Waals surface area (Å²) in [6.45, 7) is 3.37. The number of ether oxygens (including phenoxy) is 1. The molecule has 2 aromatic carbocycles. The number of nitrogens with one attached hydrogen (secondary N) is 2.